The van der Waals surface area contributed by atoms with Crippen molar-refractivity contribution in [3.05, 3.63) is 59.4 Å². The third-order valence-corrected chi connectivity index (χ3v) is 6.04. The van der Waals surface area contributed by atoms with Crippen LogP contribution in [0.2, 0.25) is 0 Å². The van der Waals surface area contributed by atoms with Crippen LogP contribution in [0.3, 0.4) is 0 Å². The van der Waals surface area contributed by atoms with Gasteiger partial charge in [-0.3, -0.25) is 9.59 Å². The Labute approximate surface area is 187 Å². The first-order valence-corrected chi connectivity index (χ1v) is 11.3. The Morgan fingerprint density at radius 2 is 1.66 bits per heavy atom. The summed E-state index contributed by atoms with van der Waals surface area (Å²) in [6.07, 6.45) is 3.26. The Balaban J connectivity index is 1.20. The number of likely N-dealkylation sites (tertiary alicyclic amines) is 1. The van der Waals surface area contributed by atoms with Crippen molar-refractivity contribution in [1.29, 1.82) is 0 Å². The molecule has 2 heterocycles. The van der Waals surface area contributed by atoms with Crippen LogP contribution >= 0.6 is 0 Å². The first-order chi connectivity index (χ1) is 15.6. The molecule has 1 saturated heterocycles. The molecule has 0 aliphatic carbocycles. The molecule has 32 heavy (non-hydrogen) atoms. The number of aryl methyl sites for hydroxylation is 1. The minimum absolute atomic E-state index is 0.00591. The van der Waals surface area contributed by atoms with Gasteiger partial charge in [0.15, 0.2) is 11.5 Å². The number of benzene rings is 2. The first kappa shape index (κ1) is 22.1. The number of nitrogens with one attached hydrogen (secondary N) is 1. The molecule has 2 aromatic rings. The van der Waals surface area contributed by atoms with Crippen LogP contribution in [-0.4, -0.2) is 43.0 Å². The van der Waals surface area contributed by atoms with Gasteiger partial charge in [0, 0.05) is 38.4 Å². The van der Waals surface area contributed by atoms with E-state index in [2.05, 4.69) is 5.32 Å². The summed E-state index contributed by atoms with van der Waals surface area (Å²) in [5, 5.41) is 2.92. The van der Waals surface area contributed by atoms with Crippen LogP contribution in [0.1, 0.15) is 36.8 Å². The lowest BCUT2D eigenvalue weighted by atomic mass is 9.95. The quantitative estimate of drug-likeness (QED) is 0.747. The molecule has 2 aliphatic rings. The second-order valence-electron chi connectivity index (χ2n) is 8.33. The van der Waals surface area contributed by atoms with Gasteiger partial charge in [0.1, 0.15) is 5.82 Å². The standard InChI is InChI=1S/C25H29FN2O4/c26-21-6-2-19(3-7-21)17-27-25(30)20-10-12-28(13-11-20)24(29)9-5-18-4-8-22-23(16-18)32-15-1-14-31-22/h2-4,6-8,16,20H,1,5,9-15,17H2,(H,27,30). The molecule has 2 aliphatic heterocycles. The smallest absolute Gasteiger partial charge is 0.223 e. The number of carbonyl (C=O) groups is 2. The van der Waals surface area contributed by atoms with E-state index in [9.17, 15) is 14.0 Å². The molecule has 0 aromatic heterocycles. The number of amides is 2. The van der Waals surface area contributed by atoms with Crippen molar-refractivity contribution in [2.24, 2.45) is 5.92 Å². The van der Waals surface area contributed by atoms with Gasteiger partial charge in [0.2, 0.25) is 11.8 Å². The van der Waals surface area contributed by atoms with Crippen molar-refractivity contribution in [3.8, 4) is 11.5 Å². The lowest BCUT2D eigenvalue weighted by Crippen LogP contribution is -2.43. The normalized spacial score (nSPS) is 16.3. The zero-order chi connectivity index (χ0) is 22.3. The molecule has 6 nitrogen and oxygen atoms in total. The van der Waals surface area contributed by atoms with E-state index in [1.807, 2.05) is 23.1 Å². The number of piperidine rings is 1. The van der Waals surface area contributed by atoms with Crippen molar-refractivity contribution >= 4 is 11.8 Å². The predicted octanol–water partition coefficient (Wildman–Crippen LogP) is 3.47. The molecule has 170 valence electrons. The van der Waals surface area contributed by atoms with Crippen molar-refractivity contribution in [3.63, 3.8) is 0 Å². The number of halogens is 1. The molecule has 2 aromatic carbocycles. The van der Waals surface area contributed by atoms with Gasteiger partial charge in [0.25, 0.3) is 0 Å². The molecule has 0 bridgehead atoms. The average Bonchev–Trinajstić information content (AvgIpc) is 3.07. The van der Waals surface area contributed by atoms with Gasteiger partial charge < -0.3 is 19.7 Å². The van der Waals surface area contributed by atoms with Crippen LogP contribution < -0.4 is 14.8 Å². The molecule has 0 radical (unpaired) electrons. The van der Waals surface area contributed by atoms with E-state index in [1.54, 1.807) is 12.1 Å². The van der Waals surface area contributed by atoms with Crippen molar-refractivity contribution < 1.29 is 23.5 Å². The minimum atomic E-state index is -0.290. The maximum atomic E-state index is 13.0. The second-order valence-corrected chi connectivity index (χ2v) is 8.33. The number of rotatable bonds is 6. The van der Waals surface area contributed by atoms with Crippen molar-refractivity contribution in [1.82, 2.24) is 10.2 Å². The number of fused-ring (bicyclic) bond motifs is 1. The average molecular weight is 441 g/mol. The highest BCUT2D eigenvalue weighted by atomic mass is 19.1. The molecule has 0 saturated carbocycles. The topological polar surface area (TPSA) is 67.9 Å². The van der Waals surface area contributed by atoms with Crippen molar-refractivity contribution in [2.75, 3.05) is 26.3 Å². The summed E-state index contributed by atoms with van der Waals surface area (Å²) in [6, 6.07) is 12.0. The maximum absolute atomic E-state index is 13.0. The van der Waals surface area contributed by atoms with E-state index >= 15 is 0 Å². The van der Waals surface area contributed by atoms with E-state index in [-0.39, 0.29) is 23.5 Å². The Morgan fingerprint density at radius 1 is 0.969 bits per heavy atom. The van der Waals surface area contributed by atoms with Gasteiger partial charge in [-0.2, -0.15) is 0 Å². The fourth-order valence-electron chi connectivity index (χ4n) is 4.10. The third kappa shape index (κ3) is 5.78. The summed E-state index contributed by atoms with van der Waals surface area (Å²) in [7, 11) is 0. The number of hydrogen-bond acceptors (Lipinski definition) is 4. The summed E-state index contributed by atoms with van der Waals surface area (Å²) in [6.45, 7) is 2.86. The van der Waals surface area contributed by atoms with Crippen LogP contribution in [0.4, 0.5) is 4.39 Å². The van der Waals surface area contributed by atoms with Gasteiger partial charge >= 0.3 is 0 Å². The molecule has 0 spiro atoms. The molecule has 0 atom stereocenters. The molecule has 0 unspecified atom stereocenters. The molecular weight excluding hydrogens is 411 g/mol. The van der Waals surface area contributed by atoms with E-state index in [0.29, 0.717) is 58.5 Å². The zero-order valence-corrected chi connectivity index (χ0v) is 18.1. The largest absolute Gasteiger partial charge is 0.490 e. The number of nitrogens with zero attached hydrogens (tertiary/aromatic N) is 1. The Kier molecular flexibility index (Phi) is 7.24. The molecule has 2 amide bonds. The second kappa shape index (κ2) is 10.5. The molecule has 7 heteroatoms. The van der Waals surface area contributed by atoms with Crippen LogP contribution in [-0.2, 0) is 22.6 Å². The van der Waals surface area contributed by atoms with Crippen LogP contribution in [0.25, 0.3) is 0 Å². The number of hydrogen-bond donors (Lipinski definition) is 1. The molecule has 1 fully saturated rings. The Hall–Kier alpha value is -3.09. The lowest BCUT2D eigenvalue weighted by molar-refractivity contribution is -0.135. The van der Waals surface area contributed by atoms with Crippen molar-refractivity contribution in [2.45, 2.75) is 38.6 Å². The van der Waals surface area contributed by atoms with Gasteiger partial charge in [-0.15, -0.1) is 0 Å². The van der Waals surface area contributed by atoms with Gasteiger partial charge in [-0.1, -0.05) is 18.2 Å². The predicted molar refractivity (Wildman–Crippen MR) is 118 cm³/mol. The maximum Gasteiger partial charge on any atom is 0.223 e. The highest BCUT2D eigenvalue weighted by Gasteiger charge is 2.27. The van der Waals surface area contributed by atoms with E-state index in [1.165, 1.54) is 12.1 Å². The highest BCUT2D eigenvalue weighted by molar-refractivity contribution is 5.80. The Morgan fingerprint density at radius 3 is 2.41 bits per heavy atom. The monoisotopic (exact) mass is 440 g/mol. The fraction of sp³-hybridized carbons (Fsp3) is 0.440. The highest BCUT2D eigenvalue weighted by Crippen LogP contribution is 2.31. The van der Waals surface area contributed by atoms with Gasteiger partial charge in [-0.25, -0.2) is 4.39 Å². The van der Waals surface area contributed by atoms with E-state index in [4.69, 9.17) is 9.47 Å². The minimum Gasteiger partial charge on any atom is -0.490 e. The fourth-order valence-corrected chi connectivity index (χ4v) is 4.10. The summed E-state index contributed by atoms with van der Waals surface area (Å²) in [5.41, 5.74) is 1.92. The summed E-state index contributed by atoms with van der Waals surface area (Å²) >= 11 is 0. The lowest BCUT2D eigenvalue weighted by Gasteiger charge is -2.31. The van der Waals surface area contributed by atoms with Gasteiger partial charge in [-0.05, 0) is 54.7 Å². The summed E-state index contributed by atoms with van der Waals surface area (Å²) < 4.78 is 24.4. The number of ether oxygens (including phenoxy) is 2. The van der Waals surface area contributed by atoms with Crippen LogP contribution in [0, 0.1) is 11.7 Å². The molecule has 4 rings (SSSR count). The summed E-state index contributed by atoms with van der Waals surface area (Å²) in [5.74, 6) is 1.23. The van der Waals surface area contributed by atoms with Crippen LogP contribution in [0.5, 0.6) is 11.5 Å². The SMILES string of the molecule is O=C(NCc1ccc(F)cc1)C1CCN(C(=O)CCc2ccc3c(c2)OCCCO3)CC1. The molecule has 1 N–H and O–H groups in total. The van der Waals surface area contributed by atoms with E-state index in [0.717, 1.165) is 29.0 Å². The van der Waals surface area contributed by atoms with E-state index < -0.39 is 0 Å². The summed E-state index contributed by atoms with van der Waals surface area (Å²) in [4.78, 5) is 27.0. The van der Waals surface area contributed by atoms with Gasteiger partial charge in [0.05, 0.1) is 13.2 Å². The van der Waals surface area contributed by atoms with Crippen LogP contribution in [0.15, 0.2) is 42.5 Å². The third-order valence-electron chi connectivity index (χ3n) is 6.04. The zero-order valence-electron chi connectivity index (χ0n) is 18.1. The Bertz CT molecular complexity index is 939. The first-order valence-electron chi connectivity index (χ1n) is 11.3. The number of carbonyl (C=O) groups excluding carboxylic acids is 2. The molecular formula is C25H29FN2O4.